The number of H-pyrrole nitrogens is 1. The summed E-state index contributed by atoms with van der Waals surface area (Å²) >= 11 is 7.39. The van der Waals surface area contributed by atoms with Crippen molar-refractivity contribution in [2.24, 2.45) is 0 Å². The minimum Gasteiger partial charge on any atom is -0.363 e. The number of fused-ring (bicyclic) bond motifs is 1. The Morgan fingerprint density at radius 2 is 2.32 bits per heavy atom. The smallest absolute Gasteiger partial charge is 0.244 e. The van der Waals surface area contributed by atoms with E-state index in [1.807, 2.05) is 11.4 Å². The zero-order chi connectivity index (χ0) is 13.5. The number of aromatic nitrogens is 1. The lowest BCUT2D eigenvalue weighted by Gasteiger charge is -2.25. The third kappa shape index (κ3) is 2.33. The molecule has 0 spiro atoms. The summed E-state index contributed by atoms with van der Waals surface area (Å²) in [6.07, 6.45) is 2.30. The minimum atomic E-state index is -3.42. The molecule has 0 atom stereocenters. The molecule has 0 saturated heterocycles. The highest BCUT2D eigenvalue weighted by molar-refractivity contribution is 7.89. The summed E-state index contributed by atoms with van der Waals surface area (Å²) in [7, 11) is -3.42. The van der Waals surface area contributed by atoms with Crippen LogP contribution in [0, 0.1) is 0 Å². The van der Waals surface area contributed by atoms with Gasteiger partial charge in [-0.15, -0.1) is 22.9 Å². The quantitative estimate of drug-likeness (QED) is 0.885. The molecule has 0 aromatic carbocycles. The van der Waals surface area contributed by atoms with Crippen LogP contribution >= 0.6 is 22.9 Å². The fraction of sp³-hybridized carbons (Fsp3) is 0.333. The van der Waals surface area contributed by atoms with E-state index in [9.17, 15) is 8.42 Å². The molecule has 2 aromatic heterocycles. The molecule has 1 aliphatic rings. The zero-order valence-corrected chi connectivity index (χ0v) is 12.5. The van der Waals surface area contributed by atoms with Crippen LogP contribution in [0.4, 0.5) is 0 Å². The molecule has 102 valence electrons. The fourth-order valence-corrected chi connectivity index (χ4v) is 4.70. The average molecular weight is 317 g/mol. The maximum Gasteiger partial charge on any atom is 0.244 e. The van der Waals surface area contributed by atoms with E-state index in [4.69, 9.17) is 11.6 Å². The summed E-state index contributed by atoms with van der Waals surface area (Å²) in [5.41, 5.74) is 1.83. The van der Waals surface area contributed by atoms with E-state index in [0.29, 0.717) is 23.7 Å². The SMILES string of the molecule is O=S(=O)(c1c[nH]c(CCl)c1)N1CCc2sccc2C1. The van der Waals surface area contributed by atoms with Crippen LogP contribution in [-0.4, -0.2) is 24.3 Å². The average Bonchev–Trinajstić information content (AvgIpc) is 3.06. The van der Waals surface area contributed by atoms with E-state index in [1.54, 1.807) is 17.4 Å². The van der Waals surface area contributed by atoms with E-state index in [0.717, 1.165) is 12.0 Å². The first-order valence-electron chi connectivity index (χ1n) is 5.90. The van der Waals surface area contributed by atoms with Crippen LogP contribution in [0.15, 0.2) is 28.6 Å². The molecular formula is C12H13ClN2O2S2. The molecule has 0 saturated carbocycles. The lowest BCUT2D eigenvalue weighted by molar-refractivity contribution is 0.394. The number of sulfonamides is 1. The Balaban J connectivity index is 1.89. The molecule has 0 amide bonds. The number of rotatable bonds is 3. The van der Waals surface area contributed by atoms with E-state index >= 15 is 0 Å². The maximum absolute atomic E-state index is 12.5. The molecule has 4 nitrogen and oxygen atoms in total. The summed E-state index contributed by atoms with van der Waals surface area (Å²) in [6, 6.07) is 3.61. The summed E-state index contributed by atoms with van der Waals surface area (Å²) in [6.45, 7) is 1.000. The van der Waals surface area contributed by atoms with E-state index in [-0.39, 0.29) is 5.88 Å². The molecule has 7 heteroatoms. The molecule has 2 aromatic rings. The molecule has 0 unspecified atom stereocenters. The molecule has 0 radical (unpaired) electrons. The van der Waals surface area contributed by atoms with Crippen molar-refractivity contribution in [3.8, 4) is 0 Å². The first-order valence-corrected chi connectivity index (χ1v) is 8.75. The Kier molecular flexibility index (Phi) is 3.42. The summed E-state index contributed by atoms with van der Waals surface area (Å²) in [5.74, 6) is 0.282. The normalized spacial score (nSPS) is 16.5. The van der Waals surface area contributed by atoms with E-state index < -0.39 is 10.0 Å². The van der Waals surface area contributed by atoms with Crippen LogP contribution in [0.1, 0.15) is 16.1 Å². The van der Waals surface area contributed by atoms with Crippen molar-refractivity contribution in [1.29, 1.82) is 0 Å². The van der Waals surface area contributed by atoms with Gasteiger partial charge < -0.3 is 4.98 Å². The van der Waals surface area contributed by atoms with Gasteiger partial charge in [-0.1, -0.05) is 0 Å². The summed E-state index contributed by atoms with van der Waals surface area (Å²) in [5, 5.41) is 2.02. The second-order valence-corrected chi connectivity index (χ2v) is 7.66. The Morgan fingerprint density at radius 3 is 3.05 bits per heavy atom. The van der Waals surface area contributed by atoms with Crippen molar-refractivity contribution in [2.45, 2.75) is 23.7 Å². The Labute approximate surface area is 121 Å². The predicted octanol–water partition coefficient (Wildman–Crippen LogP) is 2.56. The van der Waals surface area contributed by atoms with Gasteiger partial charge in [0.2, 0.25) is 10.0 Å². The van der Waals surface area contributed by atoms with Gasteiger partial charge in [-0.3, -0.25) is 0 Å². The molecule has 0 aliphatic carbocycles. The number of halogens is 1. The Bertz CT molecular complexity index is 690. The topological polar surface area (TPSA) is 53.2 Å². The fourth-order valence-electron chi connectivity index (χ4n) is 2.22. The Hall–Kier alpha value is -0.820. The van der Waals surface area contributed by atoms with Crippen LogP contribution in [-0.2, 0) is 28.9 Å². The maximum atomic E-state index is 12.5. The van der Waals surface area contributed by atoms with Crippen molar-refractivity contribution >= 4 is 33.0 Å². The van der Waals surface area contributed by atoms with Crippen LogP contribution in [0.2, 0.25) is 0 Å². The molecule has 19 heavy (non-hydrogen) atoms. The van der Waals surface area contributed by atoms with Gasteiger partial charge in [-0.25, -0.2) is 8.42 Å². The van der Waals surface area contributed by atoms with E-state index in [2.05, 4.69) is 4.98 Å². The minimum absolute atomic E-state index is 0.282. The van der Waals surface area contributed by atoms with Crippen LogP contribution in [0.5, 0.6) is 0 Å². The van der Waals surface area contributed by atoms with Gasteiger partial charge in [0, 0.05) is 29.9 Å². The number of nitrogens with zero attached hydrogens (tertiary/aromatic N) is 1. The zero-order valence-electron chi connectivity index (χ0n) is 10.1. The third-order valence-corrected chi connectivity index (χ3v) is 6.40. The van der Waals surface area contributed by atoms with Crippen LogP contribution in [0.3, 0.4) is 0 Å². The van der Waals surface area contributed by atoms with Crippen LogP contribution in [0.25, 0.3) is 0 Å². The monoisotopic (exact) mass is 316 g/mol. The van der Waals surface area contributed by atoms with Gasteiger partial charge in [-0.2, -0.15) is 4.31 Å². The second kappa shape index (κ2) is 4.94. The molecule has 0 bridgehead atoms. The van der Waals surface area contributed by atoms with Crippen molar-refractivity contribution in [2.75, 3.05) is 6.54 Å². The second-order valence-electron chi connectivity index (χ2n) is 4.45. The number of nitrogens with one attached hydrogen (secondary N) is 1. The van der Waals surface area contributed by atoms with Gasteiger partial charge in [0.25, 0.3) is 0 Å². The van der Waals surface area contributed by atoms with Crippen molar-refractivity contribution in [1.82, 2.24) is 9.29 Å². The van der Waals surface area contributed by atoms with Gasteiger partial charge in [0.05, 0.1) is 10.8 Å². The van der Waals surface area contributed by atoms with Gasteiger partial charge in [-0.05, 0) is 29.5 Å². The standard InChI is InChI=1S/C12H13ClN2O2S2/c13-6-10-5-11(7-14-10)19(16,17)15-3-1-12-9(8-15)2-4-18-12/h2,4-5,7,14H,1,3,6,8H2. The number of hydrogen-bond donors (Lipinski definition) is 1. The summed E-state index contributed by atoms with van der Waals surface area (Å²) < 4.78 is 26.6. The van der Waals surface area contributed by atoms with Crippen molar-refractivity contribution in [3.05, 3.63) is 39.8 Å². The predicted molar refractivity (Wildman–Crippen MR) is 76.0 cm³/mol. The number of alkyl halides is 1. The Morgan fingerprint density at radius 1 is 1.47 bits per heavy atom. The molecule has 0 fully saturated rings. The van der Waals surface area contributed by atoms with Gasteiger partial charge in [0.1, 0.15) is 0 Å². The summed E-state index contributed by atoms with van der Waals surface area (Å²) in [4.78, 5) is 4.47. The molecule has 3 rings (SSSR count). The molecule has 1 aliphatic heterocycles. The first-order chi connectivity index (χ1) is 9.11. The third-order valence-electron chi connectivity index (χ3n) is 3.27. The lowest BCUT2D eigenvalue weighted by atomic mass is 10.1. The van der Waals surface area contributed by atoms with E-state index in [1.165, 1.54) is 15.4 Å². The largest absolute Gasteiger partial charge is 0.363 e. The number of hydrogen-bond acceptors (Lipinski definition) is 3. The molecule has 3 heterocycles. The molecular weight excluding hydrogens is 304 g/mol. The highest BCUT2D eigenvalue weighted by Crippen LogP contribution is 2.28. The lowest BCUT2D eigenvalue weighted by Crippen LogP contribution is -2.35. The highest BCUT2D eigenvalue weighted by Gasteiger charge is 2.29. The number of thiophene rings is 1. The van der Waals surface area contributed by atoms with Crippen molar-refractivity contribution in [3.63, 3.8) is 0 Å². The van der Waals surface area contributed by atoms with Gasteiger partial charge in [0.15, 0.2) is 0 Å². The van der Waals surface area contributed by atoms with Gasteiger partial charge >= 0.3 is 0 Å². The molecule has 1 N–H and O–H groups in total. The van der Waals surface area contributed by atoms with Crippen molar-refractivity contribution < 1.29 is 8.42 Å². The van der Waals surface area contributed by atoms with Crippen LogP contribution < -0.4 is 0 Å². The number of aromatic amines is 1. The first kappa shape index (κ1) is 13.2. The highest BCUT2D eigenvalue weighted by atomic mass is 35.5.